The van der Waals surface area contributed by atoms with E-state index in [1.54, 1.807) is 0 Å². The highest BCUT2D eigenvalue weighted by Crippen LogP contribution is 2.09. The first-order chi connectivity index (χ1) is 6.40. The van der Waals surface area contributed by atoms with E-state index in [9.17, 15) is 9.59 Å². The molecule has 0 saturated heterocycles. The average Bonchev–Trinajstić information content (AvgIpc) is 2.04. The van der Waals surface area contributed by atoms with Crippen LogP contribution in [0.3, 0.4) is 0 Å². The molecule has 0 radical (unpaired) electrons. The summed E-state index contributed by atoms with van der Waals surface area (Å²) in [6.07, 6.45) is 0. The molecule has 0 aliphatic carbocycles. The number of carbonyl (C=O) groups is 2. The molecule has 0 aliphatic heterocycles. The van der Waals surface area contributed by atoms with Crippen LogP contribution >= 0.6 is 0 Å². The second kappa shape index (κ2) is 5.59. The Bertz CT molecular complexity index is 216. The van der Waals surface area contributed by atoms with Crippen LogP contribution in [0.2, 0.25) is 0 Å². The van der Waals surface area contributed by atoms with E-state index < -0.39 is 12.0 Å². The van der Waals surface area contributed by atoms with Crippen molar-refractivity contribution >= 4 is 11.9 Å². The predicted octanol–water partition coefficient (Wildman–Crippen LogP) is -0.193. The van der Waals surface area contributed by atoms with Gasteiger partial charge in [0, 0.05) is 6.54 Å². The normalized spacial score (nSPS) is 14.9. The minimum Gasteiger partial charge on any atom is -0.480 e. The summed E-state index contributed by atoms with van der Waals surface area (Å²) in [4.78, 5) is 21.9. The smallest absolute Gasteiger partial charge is 0.325 e. The van der Waals surface area contributed by atoms with E-state index in [0.717, 1.165) is 0 Å². The lowest BCUT2D eigenvalue weighted by molar-refractivity contribution is -0.142. The van der Waals surface area contributed by atoms with Gasteiger partial charge < -0.3 is 16.2 Å². The summed E-state index contributed by atoms with van der Waals surface area (Å²) in [6.45, 7) is 5.41. The average molecular weight is 202 g/mol. The third-order valence-electron chi connectivity index (χ3n) is 2.12. The number of rotatable bonds is 5. The van der Waals surface area contributed by atoms with Gasteiger partial charge in [-0.3, -0.25) is 9.59 Å². The fourth-order valence-corrected chi connectivity index (χ4v) is 1.06. The molecule has 5 nitrogen and oxygen atoms in total. The van der Waals surface area contributed by atoms with Gasteiger partial charge in [-0.15, -0.1) is 0 Å². The SMILES string of the molecule is CC(C)[C@H](CN)C(=O)N[C@@H](C)C(=O)O. The van der Waals surface area contributed by atoms with Crippen molar-refractivity contribution in [2.75, 3.05) is 6.54 Å². The number of nitrogens with one attached hydrogen (secondary N) is 1. The minimum atomic E-state index is -1.04. The van der Waals surface area contributed by atoms with Gasteiger partial charge in [0.25, 0.3) is 0 Å². The molecule has 0 saturated carbocycles. The van der Waals surface area contributed by atoms with Gasteiger partial charge in [-0.1, -0.05) is 13.8 Å². The number of carboxylic acids is 1. The highest BCUT2D eigenvalue weighted by Gasteiger charge is 2.23. The lowest BCUT2D eigenvalue weighted by Gasteiger charge is -2.19. The molecule has 14 heavy (non-hydrogen) atoms. The van der Waals surface area contributed by atoms with Gasteiger partial charge >= 0.3 is 5.97 Å². The zero-order chi connectivity index (χ0) is 11.3. The Morgan fingerprint density at radius 3 is 2.14 bits per heavy atom. The monoisotopic (exact) mass is 202 g/mol. The molecule has 0 rings (SSSR count). The van der Waals surface area contributed by atoms with Gasteiger partial charge in [-0.05, 0) is 12.8 Å². The number of aliphatic carboxylic acids is 1. The molecule has 0 bridgehead atoms. The van der Waals surface area contributed by atoms with E-state index in [1.165, 1.54) is 6.92 Å². The van der Waals surface area contributed by atoms with Gasteiger partial charge in [-0.2, -0.15) is 0 Å². The molecule has 0 aromatic rings. The van der Waals surface area contributed by atoms with E-state index in [4.69, 9.17) is 10.8 Å². The Labute approximate surface area is 83.7 Å². The Hall–Kier alpha value is -1.10. The fraction of sp³-hybridized carbons (Fsp3) is 0.778. The largest absolute Gasteiger partial charge is 0.480 e. The van der Waals surface area contributed by atoms with Crippen molar-refractivity contribution in [2.24, 2.45) is 17.6 Å². The van der Waals surface area contributed by atoms with Crippen LogP contribution in [0.25, 0.3) is 0 Å². The van der Waals surface area contributed by atoms with Gasteiger partial charge in [0.2, 0.25) is 5.91 Å². The number of carboxylic acid groups (broad SMARTS) is 1. The van der Waals surface area contributed by atoms with Crippen LogP contribution in [0.4, 0.5) is 0 Å². The van der Waals surface area contributed by atoms with Gasteiger partial charge in [-0.25, -0.2) is 0 Å². The topological polar surface area (TPSA) is 92.4 Å². The maximum absolute atomic E-state index is 11.5. The van der Waals surface area contributed by atoms with E-state index in [-0.39, 0.29) is 24.3 Å². The van der Waals surface area contributed by atoms with Crippen molar-refractivity contribution in [3.63, 3.8) is 0 Å². The molecule has 0 heterocycles. The Morgan fingerprint density at radius 2 is 1.86 bits per heavy atom. The van der Waals surface area contributed by atoms with Crippen LogP contribution < -0.4 is 11.1 Å². The van der Waals surface area contributed by atoms with Crippen molar-refractivity contribution in [3.05, 3.63) is 0 Å². The van der Waals surface area contributed by atoms with E-state index in [0.29, 0.717) is 0 Å². The molecular weight excluding hydrogens is 184 g/mol. The predicted molar refractivity (Wildman–Crippen MR) is 52.6 cm³/mol. The summed E-state index contributed by atoms with van der Waals surface area (Å²) in [5.41, 5.74) is 5.42. The molecule has 0 aromatic carbocycles. The Morgan fingerprint density at radius 1 is 1.36 bits per heavy atom. The lowest BCUT2D eigenvalue weighted by atomic mass is 9.95. The lowest BCUT2D eigenvalue weighted by Crippen LogP contribution is -2.45. The van der Waals surface area contributed by atoms with Crippen molar-refractivity contribution < 1.29 is 14.7 Å². The van der Waals surface area contributed by atoms with Crippen LogP contribution in [0.1, 0.15) is 20.8 Å². The Kier molecular flexibility index (Phi) is 5.15. The first kappa shape index (κ1) is 12.9. The van der Waals surface area contributed by atoms with E-state index in [1.807, 2.05) is 13.8 Å². The van der Waals surface area contributed by atoms with Crippen molar-refractivity contribution in [3.8, 4) is 0 Å². The van der Waals surface area contributed by atoms with E-state index >= 15 is 0 Å². The number of amides is 1. The van der Waals surface area contributed by atoms with Crippen LogP contribution in [-0.2, 0) is 9.59 Å². The zero-order valence-electron chi connectivity index (χ0n) is 8.78. The molecule has 4 N–H and O–H groups in total. The molecule has 2 atom stereocenters. The fourth-order valence-electron chi connectivity index (χ4n) is 1.06. The Balaban J connectivity index is 4.24. The third-order valence-corrected chi connectivity index (χ3v) is 2.12. The van der Waals surface area contributed by atoms with E-state index in [2.05, 4.69) is 5.32 Å². The summed E-state index contributed by atoms with van der Waals surface area (Å²) in [7, 11) is 0. The highest BCUT2D eigenvalue weighted by atomic mass is 16.4. The number of hydrogen-bond acceptors (Lipinski definition) is 3. The quantitative estimate of drug-likeness (QED) is 0.576. The maximum atomic E-state index is 11.5. The van der Waals surface area contributed by atoms with Crippen molar-refractivity contribution in [1.29, 1.82) is 0 Å². The third kappa shape index (κ3) is 3.74. The van der Waals surface area contributed by atoms with Gasteiger partial charge in [0.15, 0.2) is 0 Å². The standard InChI is InChI=1S/C9H18N2O3/c1-5(2)7(4-10)8(12)11-6(3)9(13)14/h5-7H,4,10H2,1-3H3,(H,11,12)(H,13,14)/t6-,7-/m0/s1. The van der Waals surface area contributed by atoms with Gasteiger partial charge in [0.05, 0.1) is 5.92 Å². The molecule has 1 amide bonds. The molecule has 0 spiro atoms. The second-order valence-electron chi connectivity index (χ2n) is 3.65. The molecule has 0 aromatic heterocycles. The number of nitrogens with two attached hydrogens (primary N) is 1. The number of carbonyl (C=O) groups excluding carboxylic acids is 1. The first-order valence-corrected chi connectivity index (χ1v) is 4.63. The van der Waals surface area contributed by atoms with Gasteiger partial charge in [0.1, 0.15) is 6.04 Å². The maximum Gasteiger partial charge on any atom is 0.325 e. The molecule has 0 aliphatic rings. The highest BCUT2D eigenvalue weighted by molar-refractivity contribution is 5.84. The zero-order valence-corrected chi connectivity index (χ0v) is 8.78. The molecular formula is C9H18N2O3. The summed E-state index contributed by atoms with van der Waals surface area (Å²) in [5, 5.41) is 11.0. The van der Waals surface area contributed by atoms with Crippen LogP contribution in [0.15, 0.2) is 0 Å². The van der Waals surface area contributed by atoms with Crippen molar-refractivity contribution in [1.82, 2.24) is 5.32 Å². The second-order valence-corrected chi connectivity index (χ2v) is 3.65. The summed E-state index contributed by atoms with van der Waals surface area (Å²) >= 11 is 0. The van der Waals surface area contributed by atoms with Crippen LogP contribution in [0, 0.1) is 11.8 Å². The minimum absolute atomic E-state index is 0.112. The molecule has 82 valence electrons. The van der Waals surface area contributed by atoms with Crippen LogP contribution in [-0.4, -0.2) is 29.6 Å². The summed E-state index contributed by atoms with van der Waals surface area (Å²) in [6, 6.07) is -0.865. The molecule has 5 heteroatoms. The molecule has 0 unspecified atom stereocenters. The first-order valence-electron chi connectivity index (χ1n) is 4.63. The van der Waals surface area contributed by atoms with Crippen molar-refractivity contribution in [2.45, 2.75) is 26.8 Å². The van der Waals surface area contributed by atoms with Crippen LogP contribution in [0.5, 0.6) is 0 Å². The molecule has 0 fully saturated rings. The summed E-state index contributed by atoms with van der Waals surface area (Å²) in [5.74, 6) is -1.55. The number of hydrogen-bond donors (Lipinski definition) is 3. The summed E-state index contributed by atoms with van der Waals surface area (Å²) < 4.78 is 0.